The van der Waals surface area contributed by atoms with Crippen molar-refractivity contribution in [2.45, 2.75) is 25.8 Å². The maximum atomic E-state index is 11.6. The highest BCUT2D eigenvalue weighted by Gasteiger charge is 2.23. The number of hydrogen-bond acceptors (Lipinski definition) is 4. The highest BCUT2D eigenvalue weighted by molar-refractivity contribution is 14.0. The van der Waals surface area contributed by atoms with Gasteiger partial charge in [0.25, 0.3) is 0 Å². The van der Waals surface area contributed by atoms with Gasteiger partial charge in [-0.15, -0.1) is 24.0 Å². The molecule has 0 spiro atoms. The molecule has 0 aromatic heterocycles. The van der Waals surface area contributed by atoms with Crippen molar-refractivity contribution in [1.29, 1.82) is 0 Å². The van der Waals surface area contributed by atoms with E-state index < -0.39 is 0 Å². The number of hydrogen-bond donors (Lipinski definition) is 2. The zero-order chi connectivity index (χ0) is 19.8. The van der Waals surface area contributed by atoms with Crippen LogP contribution >= 0.6 is 35.7 Å². The Balaban J connectivity index is 0.00000300. The van der Waals surface area contributed by atoms with Gasteiger partial charge >= 0.3 is 0 Å². The van der Waals surface area contributed by atoms with Crippen molar-refractivity contribution in [2.24, 2.45) is 10.9 Å². The van der Waals surface area contributed by atoms with Crippen molar-refractivity contribution in [3.63, 3.8) is 0 Å². The average Bonchev–Trinajstić information content (AvgIpc) is 2.76. The predicted molar refractivity (Wildman–Crippen MR) is 135 cm³/mol. The zero-order valence-corrected chi connectivity index (χ0v) is 20.7. The number of thioether (sulfide) groups is 1. The SMILES string of the molecule is CN=C(NCc1ccc(N2CCSCC2)cc1)N1CCC(CC(=O)NC)CC1.I. The van der Waals surface area contributed by atoms with Gasteiger partial charge in [0.1, 0.15) is 0 Å². The highest BCUT2D eigenvalue weighted by atomic mass is 127. The molecule has 1 aromatic carbocycles. The molecular formula is C21H34IN5OS. The van der Waals surface area contributed by atoms with Gasteiger partial charge in [-0.1, -0.05) is 12.1 Å². The van der Waals surface area contributed by atoms with Gasteiger partial charge in [0.2, 0.25) is 5.91 Å². The molecule has 2 heterocycles. The van der Waals surface area contributed by atoms with Gasteiger partial charge in [-0.2, -0.15) is 11.8 Å². The molecule has 0 aliphatic carbocycles. The fourth-order valence-corrected chi connectivity index (χ4v) is 4.78. The molecule has 2 N–H and O–H groups in total. The average molecular weight is 532 g/mol. The maximum absolute atomic E-state index is 11.6. The van der Waals surface area contributed by atoms with E-state index in [1.807, 2.05) is 18.8 Å². The standard InChI is InChI=1S/C21H33N5OS.HI/c1-22-20(27)15-17-7-9-26(10-8-17)21(23-2)24-16-18-3-5-19(6-4-18)25-11-13-28-14-12-25;/h3-6,17H,7-16H2,1-2H3,(H,22,27)(H,23,24);1H. The van der Waals surface area contributed by atoms with Crippen molar-refractivity contribution in [2.75, 3.05) is 56.7 Å². The van der Waals surface area contributed by atoms with E-state index in [0.717, 1.165) is 51.5 Å². The normalized spacial score (nSPS) is 18.2. The Kier molecular flexibility index (Phi) is 10.4. The van der Waals surface area contributed by atoms with Crippen molar-refractivity contribution < 1.29 is 4.79 Å². The Bertz CT molecular complexity index is 656. The molecule has 3 rings (SSSR count). The second kappa shape index (κ2) is 12.5. The van der Waals surface area contributed by atoms with Gasteiger partial charge in [-0.25, -0.2) is 0 Å². The van der Waals surface area contributed by atoms with Gasteiger partial charge in [0.05, 0.1) is 0 Å². The fraction of sp³-hybridized carbons (Fsp3) is 0.619. The number of aliphatic imine (C=N–C) groups is 1. The van der Waals surface area contributed by atoms with Gasteiger partial charge in [0.15, 0.2) is 5.96 Å². The first-order valence-corrected chi connectivity index (χ1v) is 11.4. The molecular weight excluding hydrogens is 497 g/mol. The van der Waals surface area contributed by atoms with Crippen molar-refractivity contribution >= 4 is 53.3 Å². The van der Waals surface area contributed by atoms with Crippen LogP contribution in [-0.4, -0.2) is 68.5 Å². The third-order valence-corrected chi connectivity index (χ3v) is 6.58. The number of nitrogens with one attached hydrogen (secondary N) is 2. The van der Waals surface area contributed by atoms with Gasteiger partial charge in [0, 0.05) is 70.4 Å². The van der Waals surface area contributed by atoms with E-state index in [1.165, 1.54) is 22.8 Å². The molecule has 0 radical (unpaired) electrons. The van der Waals surface area contributed by atoms with Crippen LogP contribution in [0.15, 0.2) is 29.3 Å². The zero-order valence-electron chi connectivity index (χ0n) is 17.5. The van der Waals surface area contributed by atoms with Crippen LogP contribution < -0.4 is 15.5 Å². The number of nitrogens with zero attached hydrogens (tertiary/aromatic N) is 3. The molecule has 0 saturated carbocycles. The summed E-state index contributed by atoms with van der Waals surface area (Å²) >= 11 is 2.04. The molecule has 1 aromatic rings. The molecule has 2 aliphatic rings. The number of rotatable bonds is 5. The van der Waals surface area contributed by atoms with E-state index in [0.29, 0.717) is 12.3 Å². The lowest BCUT2D eigenvalue weighted by atomic mass is 9.93. The van der Waals surface area contributed by atoms with E-state index in [-0.39, 0.29) is 29.9 Å². The van der Waals surface area contributed by atoms with E-state index in [1.54, 1.807) is 7.05 Å². The van der Waals surface area contributed by atoms with Crippen LogP contribution in [0.4, 0.5) is 5.69 Å². The summed E-state index contributed by atoms with van der Waals surface area (Å²) in [5.74, 6) is 4.03. The molecule has 8 heteroatoms. The maximum Gasteiger partial charge on any atom is 0.220 e. The van der Waals surface area contributed by atoms with Crippen molar-refractivity contribution in [3.05, 3.63) is 29.8 Å². The second-order valence-corrected chi connectivity index (χ2v) is 8.70. The van der Waals surface area contributed by atoms with Gasteiger partial charge < -0.3 is 20.4 Å². The van der Waals surface area contributed by atoms with Crippen LogP contribution in [0, 0.1) is 5.92 Å². The summed E-state index contributed by atoms with van der Waals surface area (Å²) in [6.45, 7) is 4.97. The summed E-state index contributed by atoms with van der Waals surface area (Å²) in [5.41, 5.74) is 2.59. The minimum absolute atomic E-state index is 0. The van der Waals surface area contributed by atoms with E-state index in [4.69, 9.17) is 0 Å². The monoisotopic (exact) mass is 531 g/mol. The Morgan fingerprint density at radius 2 is 1.79 bits per heavy atom. The topological polar surface area (TPSA) is 60.0 Å². The van der Waals surface area contributed by atoms with Crippen LogP contribution in [0.25, 0.3) is 0 Å². The summed E-state index contributed by atoms with van der Waals surface area (Å²) in [7, 11) is 3.55. The first-order chi connectivity index (χ1) is 13.7. The van der Waals surface area contributed by atoms with E-state index in [2.05, 4.69) is 49.7 Å². The molecule has 1 amide bonds. The number of benzene rings is 1. The van der Waals surface area contributed by atoms with Crippen molar-refractivity contribution in [1.82, 2.24) is 15.5 Å². The minimum atomic E-state index is 0. The molecule has 2 fully saturated rings. The quantitative estimate of drug-likeness (QED) is 0.348. The number of halogens is 1. The third-order valence-electron chi connectivity index (χ3n) is 5.64. The smallest absolute Gasteiger partial charge is 0.220 e. The van der Waals surface area contributed by atoms with Crippen LogP contribution in [-0.2, 0) is 11.3 Å². The molecule has 29 heavy (non-hydrogen) atoms. The van der Waals surface area contributed by atoms with Crippen LogP contribution in [0.5, 0.6) is 0 Å². The number of amides is 1. The Morgan fingerprint density at radius 1 is 1.14 bits per heavy atom. The Morgan fingerprint density at radius 3 is 2.38 bits per heavy atom. The molecule has 0 atom stereocenters. The molecule has 0 bridgehead atoms. The number of carbonyl (C=O) groups is 1. The second-order valence-electron chi connectivity index (χ2n) is 7.47. The first-order valence-electron chi connectivity index (χ1n) is 10.3. The predicted octanol–water partition coefficient (Wildman–Crippen LogP) is 2.78. The minimum Gasteiger partial charge on any atom is -0.370 e. The lowest BCUT2D eigenvalue weighted by molar-refractivity contribution is -0.121. The first kappa shape index (κ1) is 24.1. The van der Waals surface area contributed by atoms with Crippen LogP contribution in [0.1, 0.15) is 24.8 Å². The number of guanidine groups is 1. The summed E-state index contributed by atoms with van der Waals surface area (Å²) in [4.78, 5) is 20.8. The number of anilines is 1. The Labute approximate surface area is 196 Å². The number of piperidine rings is 1. The highest BCUT2D eigenvalue weighted by Crippen LogP contribution is 2.21. The van der Waals surface area contributed by atoms with E-state index >= 15 is 0 Å². The van der Waals surface area contributed by atoms with E-state index in [9.17, 15) is 4.79 Å². The summed E-state index contributed by atoms with van der Waals surface area (Å²) in [6.07, 6.45) is 2.71. The summed E-state index contributed by atoms with van der Waals surface area (Å²) in [6, 6.07) is 8.90. The largest absolute Gasteiger partial charge is 0.370 e. The molecule has 162 valence electrons. The lowest BCUT2D eigenvalue weighted by Gasteiger charge is -2.34. The number of likely N-dealkylation sites (tertiary alicyclic amines) is 1. The summed E-state index contributed by atoms with van der Waals surface area (Å²) < 4.78 is 0. The number of carbonyl (C=O) groups excluding carboxylic acids is 1. The van der Waals surface area contributed by atoms with Crippen molar-refractivity contribution in [3.8, 4) is 0 Å². The third kappa shape index (κ3) is 7.24. The van der Waals surface area contributed by atoms with Crippen LogP contribution in [0.3, 0.4) is 0 Å². The molecule has 6 nitrogen and oxygen atoms in total. The molecule has 2 saturated heterocycles. The fourth-order valence-electron chi connectivity index (χ4n) is 3.87. The van der Waals surface area contributed by atoms with Crippen LogP contribution in [0.2, 0.25) is 0 Å². The lowest BCUT2D eigenvalue weighted by Crippen LogP contribution is -2.45. The molecule has 2 aliphatic heterocycles. The van der Waals surface area contributed by atoms with Gasteiger partial charge in [-0.05, 0) is 36.5 Å². The molecule has 0 unspecified atom stereocenters. The Hall–Kier alpha value is -1.16. The van der Waals surface area contributed by atoms with Gasteiger partial charge in [-0.3, -0.25) is 9.79 Å². The summed E-state index contributed by atoms with van der Waals surface area (Å²) in [5, 5.41) is 6.23.